The number of aliphatic hydroxyl groups is 1. The predicted octanol–water partition coefficient (Wildman–Crippen LogP) is -0.0163. The first-order valence-electron chi connectivity index (χ1n) is 12.5. The number of nitriles is 1. The highest BCUT2D eigenvalue weighted by Crippen LogP contribution is 2.20. The molecule has 3 aliphatic rings. The summed E-state index contributed by atoms with van der Waals surface area (Å²) in [4.78, 5) is 32.0. The number of aliphatic hydroxyl groups excluding tert-OH is 1. The molecule has 3 atom stereocenters. The van der Waals surface area contributed by atoms with Gasteiger partial charge in [-0.2, -0.15) is 5.26 Å². The predicted molar refractivity (Wildman–Crippen MR) is 129 cm³/mol. The van der Waals surface area contributed by atoms with Crippen LogP contribution in [0.25, 0.3) is 0 Å². The molecule has 4 rings (SSSR count). The summed E-state index contributed by atoms with van der Waals surface area (Å²) < 4.78 is 17.2. The number of morpholine rings is 2. The van der Waals surface area contributed by atoms with Gasteiger partial charge in [-0.1, -0.05) is 0 Å². The summed E-state index contributed by atoms with van der Waals surface area (Å²) in [5.41, 5.74) is 0.560. The molecule has 11 nitrogen and oxygen atoms in total. The van der Waals surface area contributed by atoms with Crippen molar-refractivity contribution >= 4 is 12.0 Å². The Morgan fingerprint density at radius 1 is 1.06 bits per heavy atom. The van der Waals surface area contributed by atoms with Crippen LogP contribution in [0.15, 0.2) is 24.3 Å². The number of piperazine rings is 1. The Labute approximate surface area is 211 Å². The molecule has 11 heteroatoms. The second kappa shape index (κ2) is 12.4. The van der Waals surface area contributed by atoms with Crippen molar-refractivity contribution in [3.63, 3.8) is 0 Å². The molecule has 3 unspecified atom stereocenters. The second-order valence-corrected chi connectivity index (χ2v) is 9.57. The number of carbonyl (C=O) groups is 2. The summed E-state index contributed by atoms with van der Waals surface area (Å²) in [6.45, 7) is 8.34. The molecule has 0 radical (unpaired) electrons. The first-order valence-corrected chi connectivity index (χ1v) is 12.5. The Hall–Kier alpha value is -2.91. The van der Waals surface area contributed by atoms with Gasteiger partial charge in [0.25, 0.3) is 0 Å². The summed E-state index contributed by atoms with van der Waals surface area (Å²) in [6.07, 6.45) is -1.24. The van der Waals surface area contributed by atoms with E-state index in [4.69, 9.17) is 19.5 Å². The summed E-state index contributed by atoms with van der Waals surface area (Å²) in [5, 5.41) is 19.3. The van der Waals surface area contributed by atoms with Gasteiger partial charge in [0.05, 0.1) is 36.9 Å². The highest BCUT2D eigenvalue weighted by Gasteiger charge is 2.37. The van der Waals surface area contributed by atoms with Crippen LogP contribution in [0.1, 0.15) is 12.5 Å². The minimum atomic E-state index is -0.669. The molecule has 2 amide bonds. The number of β-amino-alcohol motifs (C(OH)–C–C–N with tert-alkyl or cyclic N) is 1. The van der Waals surface area contributed by atoms with E-state index in [1.807, 2.05) is 4.90 Å². The van der Waals surface area contributed by atoms with E-state index in [2.05, 4.69) is 15.9 Å². The largest absolute Gasteiger partial charge is 0.491 e. The number of benzene rings is 1. The van der Waals surface area contributed by atoms with Crippen LogP contribution < -0.4 is 4.74 Å². The third-order valence-corrected chi connectivity index (χ3v) is 6.76. The molecular weight excluding hydrogens is 466 g/mol. The van der Waals surface area contributed by atoms with Crippen LogP contribution in [0.5, 0.6) is 5.75 Å². The number of nitrogens with zero attached hydrogens (tertiary/aromatic N) is 5. The third-order valence-electron chi connectivity index (χ3n) is 6.76. The van der Waals surface area contributed by atoms with Crippen LogP contribution >= 0.6 is 0 Å². The monoisotopic (exact) mass is 501 g/mol. The Morgan fingerprint density at radius 3 is 2.33 bits per heavy atom. The zero-order valence-electron chi connectivity index (χ0n) is 20.8. The molecule has 3 fully saturated rings. The van der Waals surface area contributed by atoms with Crippen LogP contribution in [-0.2, 0) is 14.3 Å². The van der Waals surface area contributed by atoms with Crippen molar-refractivity contribution < 1.29 is 28.9 Å². The minimum absolute atomic E-state index is 0.100. The Kier molecular flexibility index (Phi) is 8.98. The molecule has 0 spiro atoms. The van der Waals surface area contributed by atoms with Gasteiger partial charge in [0.2, 0.25) is 5.91 Å². The Balaban J connectivity index is 1.13. The molecule has 36 heavy (non-hydrogen) atoms. The fraction of sp³-hybridized carbons (Fsp3) is 0.640. The molecule has 1 N–H and O–H groups in total. The van der Waals surface area contributed by atoms with Crippen molar-refractivity contribution in [3.05, 3.63) is 29.8 Å². The normalized spacial score (nSPS) is 23.6. The van der Waals surface area contributed by atoms with E-state index in [1.54, 1.807) is 36.1 Å². The lowest BCUT2D eigenvalue weighted by Gasteiger charge is -2.45. The summed E-state index contributed by atoms with van der Waals surface area (Å²) in [7, 11) is 0. The van der Waals surface area contributed by atoms with Gasteiger partial charge in [0.1, 0.15) is 25.1 Å². The highest BCUT2D eigenvalue weighted by atomic mass is 16.6. The molecule has 196 valence electrons. The quantitative estimate of drug-likeness (QED) is 0.524. The second-order valence-electron chi connectivity index (χ2n) is 9.57. The maximum absolute atomic E-state index is 12.6. The number of ether oxygens (including phenoxy) is 3. The first-order chi connectivity index (χ1) is 17.4. The molecule has 2 bridgehead atoms. The van der Waals surface area contributed by atoms with E-state index >= 15 is 0 Å². The van der Waals surface area contributed by atoms with E-state index in [0.29, 0.717) is 70.3 Å². The summed E-state index contributed by atoms with van der Waals surface area (Å²) in [6, 6.07) is 8.85. The van der Waals surface area contributed by atoms with Gasteiger partial charge in [-0.25, -0.2) is 4.79 Å². The molecule has 0 saturated carbocycles. The van der Waals surface area contributed by atoms with Crippen LogP contribution in [-0.4, -0.2) is 134 Å². The van der Waals surface area contributed by atoms with E-state index in [1.165, 1.54) is 0 Å². The molecule has 0 aromatic heterocycles. The number of carbonyl (C=O) groups excluding carboxylic acids is 2. The van der Waals surface area contributed by atoms with Crippen LogP contribution in [0.4, 0.5) is 4.79 Å². The zero-order chi connectivity index (χ0) is 25.5. The maximum Gasteiger partial charge on any atom is 0.409 e. The van der Waals surface area contributed by atoms with E-state index < -0.39 is 6.10 Å². The molecule has 1 aromatic rings. The topological polar surface area (TPSA) is 119 Å². The SMILES string of the molecule is CC(=O)N1CCN(CCOC(=O)N2CC3CN(CC(O)COc4ccc(C#N)cc4)CC(C2)O3)CC1. The molecule has 3 saturated heterocycles. The van der Waals surface area contributed by atoms with Crippen LogP contribution in [0.2, 0.25) is 0 Å². The Bertz CT molecular complexity index is 916. The van der Waals surface area contributed by atoms with E-state index in [-0.39, 0.29) is 30.8 Å². The number of hydrogen-bond donors (Lipinski definition) is 1. The maximum atomic E-state index is 12.6. The molecular formula is C25H35N5O6. The van der Waals surface area contributed by atoms with Crippen molar-refractivity contribution in [1.82, 2.24) is 19.6 Å². The lowest BCUT2D eigenvalue weighted by molar-refractivity contribution is -0.138. The van der Waals surface area contributed by atoms with Crippen molar-refractivity contribution in [2.24, 2.45) is 0 Å². The molecule has 3 aliphatic heterocycles. The summed E-state index contributed by atoms with van der Waals surface area (Å²) >= 11 is 0. The standard InChI is InChI=1S/C25H35N5O6/c1-19(31)29-8-6-27(7-9-29)10-11-34-25(33)30-16-23-14-28(15-24(17-30)36-23)13-21(32)18-35-22-4-2-20(12-26)3-5-22/h2-5,21,23-24,32H,6-11,13-18H2,1H3. The van der Waals surface area contributed by atoms with Gasteiger partial charge in [-0.15, -0.1) is 0 Å². The van der Waals surface area contributed by atoms with Gasteiger partial charge in [-0.05, 0) is 24.3 Å². The number of amides is 2. The number of rotatable bonds is 8. The van der Waals surface area contributed by atoms with Crippen LogP contribution in [0, 0.1) is 11.3 Å². The fourth-order valence-corrected chi connectivity index (χ4v) is 4.88. The van der Waals surface area contributed by atoms with E-state index in [9.17, 15) is 14.7 Å². The number of fused-ring (bicyclic) bond motifs is 2. The van der Waals surface area contributed by atoms with Crippen LogP contribution in [0.3, 0.4) is 0 Å². The van der Waals surface area contributed by atoms with Crippen molar-refractivity contribution in [3.8, 4) is 11.8 Å². The van der Waals surface area contributed by atoms with Gasteiger partial charge in [0, 0.05) is 59.3 Å². The van der Waals surface area contributed by atoms with Gasteiger partial charge in [0.15, 0.2) is 0 Å². The Morgan fingerprint density at radius 2 is 1.72 bits per heavy atom. The van der Waals surface area contributed by atoms with Gasteiger partial charge < -0.3 is 29.1 Å². The fourth-order valence-electron chi connectivity index (χ4n) is 4.88. The molecule has 1 aromatic carbocycles. The van der Waals surface area contributed by atoms with Crippen molar-refractivity contribution in [1.29, 1.82) is 5.26 Å². The molecule has 0 aliphatic carbocycles. The van der Waals surface area contributed by atoms with Gasteiger partial charge >= 0.3 is 6.09 Å². The third kappa shape index (κ3) is 7.30. The van der Waals surface area contributed by atoms with E-state index in [0.717, 1.165) is 13.1 Å². The lowest BCUT2D eigenvalue weighted by atomic mass is 10.1. The van der Waals surface area contributed by atoms with Crippen molar-refractivity contribution in [2.75, 3.05) is 78.7 Å². The number of hydrogen-bond acceptors (Lipinski definition) is 9. The van der Waals surface area contributed by atoms with Gasteiger partial charge in [-0.3, -0.25) is 14.6 Å². The van der Waals surface area contributed by atoms with Crippen molar-refractivity contribution in [2.45, 2.75) is 25.2 Å². The lowest BCUT2D eigenvalue weighted by Crippen LogP contribution is -2.61. The zero-order valence-corrected chi connectivity index (χ0v) is 20.8. The smallest absolute Gasteiger partial charge is 0.409 e. The highest BCUT2D eigenvalue weighted by molar-refractivity contribution is 5.73. The average molecular weight is 502 g/mol. The summed E-state index contributed by atoms with van der Waals surface area (Å²) in [5.74, 6) is 0.711. The minimum Gasteiger partial charge on any atom is -0.491 e. The first kappa shape index (κ1) is 26.2. The average Bonchev–Trinajstić information content (AvgIpc) is 2.87. The molecule has 3 heterocycles.